The first-order chi connectivity index (χ1) is 13.8. The molecule has 0 bridgehead atoms. The minimum Gasteiger partial charge on any atom is -0.332 e. The molecule has 5 heteroatoms. The summed E-state index contributed by atoms with van der Waals surface area (Å²) in [6, 6.07) is 14.5. The highest BCUT2D eigenvalue weighted by atomic mass is 32.1. The van der Waals surface area contributed by atoms with Gasteiger partial charge in [-0.15, -0.1) is 11.3 Å². The number of carbonyl (C=O) groups is 1. The van der Waals surface area contributed by atoms with Gasteiger partial charge in [0.25, 0.3) is 0 Å². The first-order valence-corrected chi connectivity index (χ1v) is 10.9. The van der Waals surface area contributed by atoms with E-state index in [1.54, 1.807) is 17.5 Å². The Morgan fingerprint density at radius 1 is 1.18 bits per heavy atom. The van der Waals surface area contributed by atoms with Crippen LogP contribution in [-0.2, 0) is 16.8 Å². The third-order valence-electron chi connectivity index (χ3n) is 6.29. The maximum absolute atomic E-state index is 13.3. The van der Waals surface area contributed by atoms with Gasteiger partial charge in [0.05, 0.1) is 17.7 Å². The van der Waals surface area contributed by atoms with E-state index in [1.807, 2.05) is 23.7 Å². The molecule has 1 aromatic carbocycles. The fourth-order valence-electron chi connectivity index (χ4n) is 4.94. The molecular weight excluding hydrogens is 366 g/mol. The Kier molecular flexibility index (Phi) is 4.47. The summed E-state index contributed by atoms with van der Waals surface area (Å²) in [5.74, 6) is 0.791. The molecule has 4 nitrogen and oxygen atoms in total. The Labute approximate surface area is 169 Å². The number of pyridine rings is 1. The van der Waals surface area contributed by atoms with Crippen LogP contribution >= 0.6 is 11.3 Å². The largest absolute Gasteiger partial charge is 0.332 e. The van der Waals surface area contributed by atoms with Gasteiger partial charge in [-0.25, -0.2) is 4.98 Å². The van der Waals surface area contributed by atoms with E-state index in [0.717, 1.165) is 29.2 Å². The summed E-state index contributed by atoms with van der Waals surface area (Å²) in [6.07, 6.45) is 8.72. The monoisotopic (exact) mass is 389 g/mol. The van der Waals surface area contributed by atoms with Crippen LogP contribution in [-0.4, -0.2) is 27.3 Å². The molecule has 142 valence electrons. The molecule has 2 aromatic heterocycles. The highest BCUT2D eigenvalue weighted by Crippen LogP contribution is 2.53. The molecule has 1 aliphatic carbocycles. The Hall–Kier alpha value is -2.53. The molecule has 28 heavy (non-hydrogen) atoms. The highest BCUT2D eigenvalue weighted by molar-refractivity contribution is 7.13. The van der Waals surface area contributed by atoms with Crippen molar-refractivity contribution in [3.63, 3.8) is 0 Å². The Morgan fingerprint density at radius 3 is 2.86 bits per heavy atom. The molecule has 0 radical (unpaired) electrons. The van der Waals surface area contributed by atoms with Crippen LogP contribution in [0.2, 0.25) is 0 Å². The van der Waals surface area contributed by atoms with Crippen molar-refractivity contribution in [1.82, 2.24) is 14.9 Å². The van der Waals surface area contributed by atoms with Gasteiger partial charge in [0.1, 0.15) is 5.01 Å². The molecule has 0 N–H and O–H groups in total. The van der Waals surface area contributed by atoms with Crippen LogP contribution in [0.5, 0.6) is 0 Å². The van der Waals surface area contributed by atoms with Gasteiger partial charge in [-0.1, -0.05) is 43.2 Å². The summed E-state index contributed by atoms with van der Waals surface area (Å²) in [6.45, 7) is 0.882. The minimum atomic E-state index is -0.0984. The summed E-state index contributed by atoms with van der Waals surface area (Å²) in [5, 5.41) is 2.93. The standard InChI is InChI=1S/C23H23N3OS/c27-21(13-20-16-28-22(25-20)17-7-6-12-24-14-17)26-15-19-10-4-5-11-23(19,26)18-8-2-1-3-9-18/h1-3,6-9,12,14,16,19H,4-5,10-11,13,15H2/t19-,23-/m1/s1. The fraction of sp³-hybridized carbons (Fsp3) is 0.348. The SMILES string of the molecule is O=C(Cc1csc(-c2cccnc2)n1)N1C[C@H]2CCCC[C@@]21c1ccccc1. The smallest absolute Gasteiger partial charge is 0.229 e. The van der Waals surface area contributed by atoms with Crippen LogP contribution in [0.15, 0.2) is 60.2 Å². The molecular formula is C23H23N3OS. The second-order valence-corrected chi connectivity index (χ2v) is 8.66. The number of amides is 1. The lowest BCUT2D eigenvalue weighted by molar-refractivity contribution is -0.166. The lowest BCUT2D eigenvalue weighted by Crippen LogP contribution is -2.67. The van der Waals surface area contributed by atoms with Crippen LogP contribution in [0.1, 0.15) is 36.9 Å². The Morgan fingerprint density at radius 2 is 2.07 bits per heavy atom. The van der Waals surface area contributed by atoms with Crippen LogP contribution in [0.4, 0.5) is 0 Å². The maximum Gasteiger partial charge on any atom is 0.229 e. The van der Waals surface area contributed by atoms with Gasteiger partial charge in [0.15, 0.2) is 0 Å². The quantitative estimate of drug-likeness (QED) is 0.651. The zero-order chi connectivity index (χ0) is 19.0. The topological polar surface area (TPSA) is 46.1 Å². The Balaban J connectivity index is 1.38. The number of carbonyl (C=O) groups excluding carboxylic acids is 1. The van der Waals surface area contributed by atoms with E-state index in [0.29, 0.717) is 12.3 Å². The van der Waals surface area contributed by atoms with Gasteiger partial charge in [0.2, 0.25) is 5.91 Å². The van der Waals surface area contributed by atoms with Crippen molar-refractivity contribution < 1.29 is 4.79 Å². The number of thiazole rings is 1. The minimum absolute atomic E-state index is 0.0984. The number of hydrogen-bond donors (Lipinski definition) is 0. The lowest BCUT2D eigenvalue weighted by Gasteiger charge is -2.61. The van der Waals surface area contributed by atoms with Crippen molar-refractivity contribution >= 4 is 17.2 Å². The molecule has 2 fully saturated rings. The number of aromatic nitrogens is 2. The number of hydrogen-bond acceptors (Lipinski definition) is 4. The molecule has 5 rings (SSSR count). The van der Waals surface area contributed by atoms with Crippen LogP contribution in [0, 0.1) is 5.92 Å². The summed E-state index contributed by atoms with van der Waals surface area (Å²) in [7, 11) is 0. The molecule has 1 saturated carbocycles. The summed E-state index contributed by atoms with van der Waals surface area (Å²) in [4.78, 5) is 24.2. The van der Waals surface area contributed by atoms with E-state index in [9.17, 15) is 4.79 Å². The summed E-state index contributed by atoms with van der Waals surface area (Å²) < 4.78 is 0. The number of nitrogens with zero attached hydrogens (tertiary/aromatic N) is 3. The van der Waals surface area contributed by atoms with E-state index < -0.39 is 0 Å². The van der Waals surface area contributed by atoms with Gasteiger partial charge >= 0.3 is 0 Å². The molecule has 2 aliphatic rings. The van der Waals surface area contributed by atoms with Gasteiger partial charge in [0, 0.05) is 35.8 Å². The summed E-state index contributed by atoms with van der Waals surface area (Å²) in [5.41, 5.74) is 3.06. The van der Waals surface area contributed by atoms with Crippen LogP contribution in [0.3, 0.4) is 0 Å². The first kappa shape index (κ1) is 17.6. The van der Waals surface area contributed by atoms with E-state index in [4.69, 9.17) is 4.98 Å². The van der Waals surface area contributed by atoms with Crippen molar-refractivity contribution in [2.75, 3.05) is 6.54 Å². The average molecular weight is 390 g/mol. The van der Waals surface area contributed by atoms with E-state index in [1.165, 1.54) is 24.8 Å². The molecule has 1 saturated heterocycles. The van der Waals surface area contributed by atoms with Gasteiger partial charge < -0.3 is 4.90 Å². The van der Waals surface area contributed by atoms with Crippen molar-refractivity contribution in [1.29, 1.82) is 0 Å². The fourth-order valence-corrected chi connectivity index (χ4v) is 5.75. The zero-order valence-corrected chi connectivity index (χ0v) is 16.6. The van der Waals surface area contributed by atoms with Gasteiger partial charge in [-0.2, -0.15) is 0 Å². The van der Waals surface area contributed by atoms with Crippen molar-refractivity contribution in [2.24, 2.45) is 5.92 Å². The normalized spacial score (nSPS) is 23.7. The van der Waals surface area contributed by atoms with E-state index in [-0.39, 0.29) is 11.4 Å². The molecule has 0 unspecified atom stereocenters. The number of benzene rings is 1. The second-order valence-electron chi connectivity index (χ2n) is 7.80. The molecule has 2 atom stereocenters. The number of fused-ring (bicyclic) bond motifs is 1. The summed E-state index contributed by atoms with van der Waals surface area (Å²) >= 11 is 1.58. The van der Waals surface area contributed by atoms with Crippen molar-refractivity contribution in [2.45, 2.75) is 37.6 Å². The Bertz CT molecular complexity index is 972. The van der Waals surface area contributed by atoms with Crippen molar-refractivity contribution in [3.05, 3.63) is 71.5 Å². The third-order valence-corrected chi connectivity index (χ3v) is 7.23. The predicted octanol–water partition coefficient (Wildman–Crippen LogP) is 4.68. The number of likely N-dealkylation sites (tertiary alicyclic amines) is 1. The molecule has 1 aliphatic heterocycles. The maximum atomic E-state index is 13.3. The van der Waals surface area contributed by atoms with E-state index >= 15 is 0 Å². The lowest BCUT2D eigenvalue weighted by atomic mass is 9.61. The molecule has 3 aromatic rings. The number of rotatable bonds is 4. The first-order valence-electron chi connectivity index (χ1n) is 9.98. The van der Waals surface area contributed by atoms with Crippen LogP contribution < -0.4 is 0 Å². The van der Waals surface area contributed by atoms with Gasteiger partial charge in [-0.05, 0) is 30.5 Å². The molecule has 0 spiro atoms. The van der Waals surface area contributed by atoms with Gasteiger partial charge in [-0.3, -0.25) is 9.78 Å². The van der Waals surface area contributed by atoms with E-state index in [2.05, 4.69) is 40.2 Å². The van der Waals surface area contributed by atoms with Crippen LogP contribution in [0.25, 0.3) is 10.6 Å². The van der Waals surface area contributed by atoms with Crippen molar-refractivity contribution in [3.8, 4) is 10.6 Å². The molecule has 3 heterocycles. The zero-order valence-electron chi connectivity index (χ0n) is 15.8. The second kappa shape index (κ2) is 7.13. The highest BCUT2D eigenvalue weighted by Gasteiger charge is 2.56. The average Bonchev–Trinajstić information content (AvgIpc) is 3.19. The third kappa shape index (κ3) is 2.85. The molecule has 1 amide bonds. The predicted molar refractivity (Wildman–Crippen MR) is 111 cm³/mol.